The number of benzene rings is 1. The van der Waals surface area contributed by atoms with Crippen molar-refractivity contribution in [3.63, 3.8) is 0 Å². The molecule has 1 saturated heterocycles. The standard InChI is InChI=1S/C17H19Cl2N3O3/c1-10-8-21(13(23)9-25-2)6-7-22(10)17(24)16-15(19)14-11(18)4-3-5-12(14)20-16/h3-5,10,20H,6-9H2,1-2H3/t10-/m0/s1. The van der Waals surface area contributed by atoms with E-state index >= 15 is 0 Å². The maximum atomic E-state index is 13.0. The summed E-state index contributed by atoms with van der Waals surface area (Å²) >= 11 is 12.6. The fourth-order valence-electron chi connectivity index (χ4n) is 3.16. The Morgan fingerprint density at radius 1 is 1.32 bits per heavy atom. The van der Waals surface area contributed by atoms with E-state index in [9.17, 15) is 9.59 Å². The highest BCUT2D eigenvalue weighted by Crippen LogP contribution is 2.34. The van der Waals surface area contributed by atoms with E-state index in [4.69, 9.17) is 27.9 Å². The molecule has 2 aromatic rings. The van der Waals surface area contributed by atoms with Gasteiger partial charge in [-0.15, -0.1) is 0 Å². The SMILES string of the molecule is COCC(=O)N1CCN(C(=O)c2[nH]c3cccc(Cl)c3c2Cl)[C@@H](C)C1. The molecular formula is C17H19Cl2N3O3. The molecule has 0 spiro atoms. The van der Waals surface area contributed by atoms with Crippen LogP contribution in [0.15, 0.2) is 18.2 Å². The number of hydrogen-bond donors (Lipinski definition) is 1. The fraction of sp³-hybridized carbons (Fsp3) is 0.412. The van der Waals surface area contributed by atoms with Gasteiger partial charge in [-0.2, -0.15) is 0 Å². The molecule has 1 aromatic heterocycles. The molecule has 134 valence electrons. The number of carbonyl (C=O) groups excluding carboxylic acids is 2. The smallest absolute Gasteiger partial charge is 0.272 e. The predicted octanol–water partition coefficient (Wildman–Crippen LogP) is 2.79. The monoisotopic (exact) mass is 383 g/mol. The minimum Gasteiger partial charge on any atom is -0.375 e. The van der Waals surface area contributed by atoms with Gasteiger partial charge in [0, 0.05) is 43.7 Å². The van der Waals surface area contributed by atoms with E-state index in [1.165, 1.54) is 7.11 Å². The van der Waals surface area contributed by atoms with Gasteiger partial charge in [0.2, 0.25) is 5.91 Å². The second-order valence-corrected chi connectivity index (χ2v) is 6.88. The van der Waals surface area contributed by atoms with E-state index < -0.39 is 0 Å². The Bertz CT molecular complexity index is 821. The van der Waals surface area contributed by atoms with Gasteiger partial charge >= 0.3 is 0 Å². The van der Waals surface area contributed by atoms with Crippen LogP contribution in [0, 0.1) is 0 Å². The van der Waals surface area contributed by atoms with Crippen LogP contribution in [0.2, 0.25) is 10.0 Å². The van der Waals surface area contributed by atoms with Crippen LogP contribution >= 0.6 is 23.2 Å². The number of hydrogen-bond acceptors (Lipinski definition) is 3. The molecule has 8 heteroatoms. The molecule has 1 aliphatic rings. The van der Waals surface area contributed by atoms with Crippen LogP contribution in [-0.4, -0.2) is 66.0 Å². The van der Waals surface area contributed by atoms with Gasteiger partial charge in [-0.25, -0.2) is 0 Å². The number of nitrogens with one attached hydrogen (secondary N) is 1. The van der Waals surface area contributed by atoms with E-state index in [1.54, 1.807) is 21.9 Å². The van der Waals surface area contributed by atoms with E-state index in [-0.39, 0.29) is 24.5 Å². The molecule has 25 heavy (non-hydrogen) atoms. The third-order valence-corrected chi connectivity index (χ3v) is 5.13. The van der Waals surface area contributed by atoms with E-state index in [1.807, 2.05) is 13.0 Å². The number of fused-ring (bicyclic) bond motifs is 1. The van der Waals surface area contributed by atoms with Crippen molar-refractivity contribution in [2.45, 2.75) is 13.0 Å². The molecule has 6 nitrogen and oxygen atoms in total. The number of H-pyrrole nitrogens is 1. The van der Waals surface area contributed by atoms with Crippen molar-refractivity contribution in [3.05, 3.63) is 33.9 Å². The Labute approximate surface area is 155 Å². The lowest BCUT2D eigenvalue weighted by Crippen LogP contribution is -2.56. The van der Waals surface area contributed by atoms with E-state index in [0.717, 1.165) is 5.52 Å². The largest absolute Gasteiger partial charge is 0.375 e. The van der Waals surface area contributed by atoms with Crippen molar-refractivity contribution in [3.8, 4) is 0 Å². The first-order valence-corrected chi connectivity index (χ1v) is 8.73. The second-order valence-electron chi connectivity index (χ2n) is 6.10. The zero-order valence-electron chi connectivity index (χ0n) is 14.0. The fourth-order valence-corrected chi connectivity index (χ4v) is 3.81. The molecule has 2 heterocycles. The number of ether oxygens (including phenoxy) is 1. The molecular weight excluding hydrogens is 365 g/mol. The summed E-state index contributed by atoms with van der Waals surface area (Å²) in [6, 6.07) is 5.24. The summed E-state index contributed by atoms with van der Waals surface area (Å²) in [5, 5.41) is 1.48. The molecule has 1 aromatic carbocycles. The molecule has 1 atom stereocenters. The minimum atomic E-state index is -0.191. The number of carbonyl (C=O) groups is 2. The van der Waals surface area contributed by atoms with Crippen molar-refractivity contribution in [1.29, 1.82) is 0 Å². The summed E-state index contributed by atoms with van der Waals surface area (Å²) in [6.45, 7) is 3.33. The molecule has 2 amide bonds. The number of aromatic nitrogens is 1. The van der Waals surface area contributed by atoms with Crippen molar-refractivity contribution < 1.29 is 14.3 Å². The molecule has 0 saturated carbocycles. The maximum absolute atomic E-state index is 13.0. The summed E-state index contributed by atoms with van der Waals surface area (Å²) in [4.78, 5) is 31.4. The van der Waals surface area contributed by atoms with Crippen LogP contribution in [0.25, 0.3) is 10.9 Å². The van der Waals surface area contributed by atoms with E-state index in [0.29, 0.717) is 40.8 Å². The minimum absolute atomic E-state index is 0.0486. The summed E-state index contributed by atoms with van der Waals surface area (Å²) < 4.78 is 4.89. The van der Waals surface area contributed by atoms with Crippen molar-refractivity contribution in [2.75, 3.05) is 33.4 Å². The lowest BCUT2D eigenvalue weighted by Gasteiger charge is -2.39. The van der Waals surface area contributed by atoms with Gasteiger partial charge in [-0.05, 0) is 19.1 Å². The van der Waals surface area contributed by atoms with E-state index in [2.05, 4.69) is 4.98 Å². The van der Waals surface area contributed by atoms with Gasteiger partial charge in [0.25, 0.3) is 5.91 Å². The summed E-state index contributed by atoms with van der Waals surface area (Å²) in [5.41, 5.74) is 1.05. The van der Waals surface area contributed by atoms with Gasteiger partial charge in [0.05, 0.1) is 10.0 Å². The highest BCUT2D eigenvalue weighted by molar-refractivity contribution is 6.44. The number of rotatable bonds is 3. The quantitative estimate of drug-likeness (QED) is 0.885. The molecule has 0 radical (unpaired) electrons. The van der Waals surface area contributed by atoms with Crippen LogP contribution in [0.1, 0.15) is 17.4 Å². The van der Waals surface area contributed by atoms with Crippen LogP contribution in [0.5, 0.6) is 0 Å². The first-order chi connectivity index (χ1) is 11.9. The Morgan fingerprint density at radius 2 is 2.08 bits per heavy atom. The Balaban J connectivity index is 1.82. The number of halogens is 2. The van der Waals surface area contributed by atoms with Gasteiger partial charge in [0.1, 0.15) is 12.3 Å². The van der Waals surface area contributed by atoms with Gasteiger partial charge in [-0.1, -0.05) is 29.3 Å². The molecule has 0 unspecified atom stereocenters. The average molecular weight is 384 g/mol. The zero-order chi connectivity index (χ0) is 18.1. The Hall–Kier alpha value is -1.76. The van der Waals surface area contributed by atoms with Crippen LogP contribution < -0.4 is 0 Å². The second kappa shape index (κ2) is 7.23. The molecule has 1 fully saturated rings. The lowest BCUT2D eigenvalue weighted by molar-refractivity contribution is -0.137. The molecule has 1 N–H and O–H groups in total. The third-order valence-electron chi connectivity index (χ3n) is 4.43. The van der Waals surface area contributed by atoms with Gasteiger partial charge < -0.3 is 19.5 Å². The molecule has 1 aliphatic heterocycles. The highest BCUT2D eigenvalue weighted by atomic mass is 35.5. The average Bonchev–Trinajstić information content (AvgIpc) is 2.92. The lowest BCUT2D eigenvalue weighted by atomic mass is 10.1. The van der Waals surface area contributed by atoms with Gasteiger partial charge in [0.15, 0.2) is 0 Å². The van der Waals surface area contributed by atoms with Crippen LogP contribution in [-0.2, 0) is 9.53 Å². The van der Waals surface area contributed by atoms with Crippen LogP contribution in [0.3, 0.4) is 0 Å². The normalized spacial score (nSPS) is 18.0. The Kier molecular flexibility index (Phi) is 5.22. The topological polar surface area (TPSA) is 65.6 Å². The number of piperazine rings is 1. The number of nitrogens with zero attached hydrogens (tertiary/aromatic N) is 2. The summed E-state index contributed by atoms with van der Waals surface area (Å²) in [5.74, 6) is -0.263. The zero-order valence-corrected chi connectivity index (χ0v) is 15.5. The summed E-state index contributed by atoms with van der Waals surface area (Å²) in [7, 11) is 1.49. The van der Waals surface area contributed by atoms with Crippen molar-refractivity contribution in [1.82, 2.24) is 14.8 Å². The number of amides is 2. The van der Waals surface area contributed by atoms with Crippen LogP contribution in [0.4, 0.5) is 0 Å². The Morgan fingerprint density at radius 3 is 2.72 bits per heavy atom. The molecule has 3 rings (SSSR count). The first-order valence-electron chi connectivity index (χ1n) is 7.97. The van der Waals surface area contributed by atoms with Crippen molar-refractivity contribution in [2.24, 2.45) is 0 Å². The van der Waals surface area contributed by atoms with Crippen molar-refractivity contribution >= 4 is 45.9 Å². The summed E-state index contributed by atoms with van der Waals surface area (Å²) in [6.07, 6.45) is 0. The molecule has 0 aliphatic carbocycles. The molecule has 0 bridgehead atoms. The number of methoxy groups -OCH3 is 1. The van der Waals surface area contributed by atoms with Gasteiger partial charge in [-0.3, -0.25) is 9.59 Å². The third kappa shape index (κ3) is 3.34. The predicted molar refractivity (Wildman–Crippen MR) is 97.3 cm³/mol. The number of aromatic amines is 1. The first kappa shape index (κ1) is 18.0. The maximum Gasteiger partial charge on any atom is 0.272 e. The highest BCUT2D eigenvalue weighted by Gasteiger charge is 2.32.